The van der Waals surface area contributed by atoms with Gasteiger partial charge >= 0.3 is 0 Å². The van der Waals surface area contributed by atoms with Crippen LogP contribution in [0.25, 0.3) is 0 Å². The maximum absolute atomic E-state index is 5.39. The smallest absolute Gasteiger partial charge is 0.131 e. The van der Waals surface area contributed by atoms with Gasteiger partial charge in [0.05, 0.1) is 18.0 Å². The van der Waals surface area contributed by atoms with E-state index in [4.69, 9.17) is 9.72 Å². The fraction of sp³-hybridized carbons (Fsp3) is 0.714. The Labute approximate surface area is 109 Å². The maximum atomic E-state index is 5.39. The summed E-state index contributed by atoms with van der Waals surface area (Å²) in [6, 6.07) is 0. The van der Waals surface area contributed by atoms with Crippen molar-refractivity contribution < 1.29 is 4.74 Å². The van der Waals surface area contributed by atoms with Crippen molar-refractivity contribution in [3.8, 4) is 0 Å². The van der Waals surface area contributed by atoms with E-state index in [1.165, 1.54) is 17.0 Å². The highest BCUT2D eigenvalue weighted by atomic mass is 16.5. The van der Waals surface area contributed by atoms with Crippen molar-refractivity contribution in [1.82, 2.24) is 15.3 Å². The fourth-order valence-corrected chi connectivity index (χ4v) is 2.34. The zero-order chi connectivity index (χ0) is 13.0. The Morgan fingerprint density at radius 3 is 2.89 bits per heavy atom. The lowest BCUT2D eigenvalue weighted by Gasteiger charge is -2.21. The van der Waals surface area contributed by atoms with Gasteiger partial charge in [-0.05, 0) is 31.4 Å². The van der Waals surface area contributed by atoms with E-state index in [2.05, 4.69) is 24.1 Å². The highest BCUT2D eigenvalue weighted by Gasteiger charge is 2.18. The number of hydrogen-bond donors (Lipinski definition) is 1. The van der Waals surface area contributed by atoms with Gasteiger partial charge in [-0.15, -0.1) is 0 Å². The molecule has 0 saturated carbocycles. The molecule has 0 aromatic carbocycles. The Morgan fingerprint density at radius 2 is 2.17 bits per heavy atom. The molecule has 0 bridgehead atoms. The van der Waals surface area contributed by atoms with E-state index >= 15 is 0 Å². The van der Waals surface area contributed by atoms with Crippen LogP contribution in [-0.4, -0.2) is 29.7 Å². The summed E-state index contributed by atoms with van der Waals surface area (Å²) in [5.41, 5.74) is 3.78. The van der Waals surface area contributed by atoms with Crippen LogP contribution >= 0.6 is 0 Å². The first-order chi connectivity index (χ1) is 8.72. The average Bonchev–Trinajstić information content (AvgIpc) is 2.38. The molecule has 100 valence electrons. The number of nitrogens with one attached hydrogen (secondary N) is 1. The summed E-state index contributed by atoms with van der Waals surface area (Å²) in [6.45, 7) is 9.79. The molecular weight excluding hydrogens is 226 g/mol. The van der Waals surface area contributed by atoms with E-state index < -0.39 is 0 Å². The quantitative estimate of drug-likeness (QED) is 0.809. The zero-order valence-corrected chi connectivity index (χ0v) is 11.6. The SMILES string of the molecule is CCOCCc1nc2c(c(C(C)C)n1)CCNC2. The Morgan fingerprint density at radius 1 is 1.33 bits per heavy atom. The summed E-state index contributed by atoms with van der Waals surface area (Å²) >= 11 is 0. The number of nitrogens with zero attached hydrogens (tertiary/aromatic N) is 2. The first-order valence-electron chi connectivity index (χ1n) is 6.89. The second-order valence-electron chi connectivity index (χ2n) is 4.98. The number of hydrogen-bond acceptors (Lipinski definition) is 4. The summed E-state index contributed by atoms with van der Waals surface area (Å²) in [6.07, 6.45) is 1.86. The van der Waals surface area contributed by atoms with Crippen LogP contribution in [0.4, 0.5) is 0 Å². The fourth-order valence-electron chi connectivity index (χ4n) is 2.34. The molecule has 1 aromatic rings. The number of fused-ring (bicyclic) bond motifs is 1. The standard InChI is InChI=1S/C14H23N3O/c1-4-18-8-6-13-16-12-9-15-7-5-11(12)14(17-13)10(2)3/h10,15H,4-9H2,1-3H3. The van der Waals surface area contributed by atoms with Gasteiger partial charge in [-0.2, -0.15) is 0 Å². The van der Waals surface area contributed by atoms with Crippen LogP contribution in [0.1, 0.15) is 49.5 Å². The van der Waals surface area contributed by atoms with E-state index in [0.717, 1.165) is 38.4 Å². The van der Waals surface area contributed by atoms with E-state index in [9.17, 15) is 0 Å². The molecule has 4 heteroatoms. The molecule has 0 atom stereocenters. The summed E-state index contributed by atoms with van der Waals surface area (Å²) in [7, 11) is 0. The molecule has 0 unspecified atom stereocenters. The average molecular weight is 249 g/mol. The Hall–Kier alpha value is -1.00. The van der Waals surface area contributed by atoms with Gasteiger partial charge in [0.1, 0.15) is 5.82 Å². The molecule has 18 heavy (non-hydrogen) atoms. The second-order valence-corrected chi connectivity index (χ2v) is 4.98. The van der Waals surface area contributed by atoms with Gasteiger partial charge in [-0.3, -0.25) is 0 Å². The lowest BCUT2D eigenvalue weighted by molar-refractivity contribution is 0.149. The third kappa shape index (κ3) is 3.06. The van der Waals surface area contributed by atoms with Gasteiger partial charge in [0.25, 0.3) is 0 Å². The lowest BCUT2D eigenvalue weighted by Crippen LogP contribution is -2.27. The van der Waals surface area contributed by atoms with E-state index in [1.807, 2.05) is 6.92 Å². The first kappa shape index (κ1) is 13.4. The minimum Gasteiger partial charge on any atom is -0.381 e. The monoisotopic (exact) mass is 249 g/mol. The number of aromatic nitrogens is 2. The molecule has 2 rings (SSSR count). The van der Waals surface area contributed by atoms with Crippen LogP contribution in [0.5, 0.6) is 0 Å². The minimum absolute atomic E-state index is 0.464. The van der Waals surface area contributed by atoms with Crippen molar-refractivity contribution >= 4 is 0 Å². The summed E-state index contributed by atoms with van der Waals surface area (Å²) in [5.74, 6) is 1.39. The maximum Gasteiger partial charge on any atom is 0.131 e. The molecule has 0 amide bonds. The van der Waals surface area contributed by atoms with Crippen molar-refractivity contribution in [2.75, 3.05) is 19.8 Å². The molecule has 1 aromatic heterocycles. The molecule has 2 heterocycles. The van der Waals surface area contributed by atoms with Crippen molar-refractivity contribution in [3.63, 3.8) is 0 Å². The van der Waals surface area contributed by atoms with Crippen molar-refractivity contribution in [2.24, 2.45) is 0 Å². The van der Waals surface area contributed by atoms with Crippen LogP contribution in [0, 0.1) is 0 Å². The van der Waals surface area contributed by atoms with E-state index in [1.54, 1.807) is 0 Å². The van der Waals surface area contributed by atoms with Crippen LogP contribution in [0.15, 0.2) is 0 Å². The Bertz CT molecular complexity index is 404. The molecule has 0 spiro atoms. The first-order valence-corrected chi connectivity index (χ1v) is 6.89. The molecule has 1 aliphatic heterocycles. The predicted molar refractivity (Wildman–Crippen MR) is 71.7 cm³/mol. The van der Waals surface area contributed by atoms with Crippen LogP contribution < -0.4 is 5.32 Å². The topological polar surface area (TPSA) is 47.0 Å². The van der Waals surface area contributed by atoms with Crippen LogP contribution in [0.3, 0.4) is 0 Å². The highest BCUT2D eigenvalue weighted by molar-refractivity contribution is 5.30. The zero-order valence-electron chi connectivity index (χ0n) is 11.6. The molecule has 0 saturated heterocycles. The largest absolute Gasteiger partial charge is 0.381 e. The summed E-state index contributed by atoms with van der Waals surface area (Å²) in [4.78, 5) is 9.41. The summed E-state index contributed by atoms with van der Waals surface area (Å²) in [5, 5.41) is 3.38. The molecule has 0 aliphatic carbocycles. The lowest BCUT2D eigenvalue weighted by atomic mass is 9.97. The van der Waals surface area contributed by atoms with Crippen molar-refractivity contribution in [2.45, 2.75) is 46.1 Å². The number of rotatable bonds is 5. The predicted octanol–water partition coefficient (Wildman–Crippen LogP) is 1.82. The second kappa shape index (κ2) is 6.25. The van der Waals surface area contributed by atoms with Gasteiger partial charge in [-0.1, -0.05) is 13.8 Å². The molecular formula is C14H23N3O. The molecule has 1 aliphatic rings. The highest BCUT2D eigenvalue weighted by Crippen LogP contribution is 2.22. The van der Waals surface area contributed by atoms with Crippen molar-refractivity contribution in [3.05, 3.63) is 22.8 Å². The van der Waals surface area contributed by atoms with Gasteiger partial charge in [0, 0.05) is 19.6 Å². The van der Waals surface area contributed by atoms with Crippen LogP contribution in [-0.2, 0) is 24.1 Å². The minimum atomic E-state index is 0.464. The molecule has 0 radical (unpaired) electrons. The van der Waals surface area contributed by atoms with Gasteiger partial charge < -0.3 is 10.1 Å². The third-order valence-corrected chi connectivity index (χ3v) is 3.24. The summed E-state index contributed by atoms with van der Waals surface area (Å²) < 4.78 is 5.39. The van der Waals surface area contributed by atoms with Gasteiger partial charge in [0.15, 0.2) is 0 Å². The van der Waals surface area contributed by atoms with Gasteiger partial charge in [0.2, 0.25) is 0 Å². The molecule has 1 N–H and O–H groups in total. The van der Waals surface area contributed by atoms with E-state index in [0.29, 0.717) is 12.5 Å². The van der Waals surface area contributed by atoms with Gasteiger partial charge in [-0.25, -0.2) is 9.97 Å². The third-order valence-electron chi connectivity index (χ3n) is 3.24. The number of ether oxygens (including phenoxy) is 1. The normalized spacial score (nSPS) is 14.9. The Kier molecular flexibility index (Phi) is 4.66. The van der Waals surface area contributed by atoms with Crippen molar-refractivity contribution in [1.29, 1.82) is 0 Å². The van der Waals surface area contributed by atoms with Crippen LogP contribution in [0.2, 0.25) is 0 Å². The molecule has 4 nitrogen and oxygen atoms in total. The Balaban J connectivity index is 2.24. The molecule has 0 fully saturated rings. The van der Waals surface area contributed by atoms with E-state index in [-0.39, 0.29) is 0 Å².